The summed E-state index contributed by atoms with van der Waals surface area (Å²) in [5.74, 6) is -0.512. The number of anilines is 2. The first kappa shape index (κ1) is 22.2. The van der Waals surface area contributed by atoms with E-state index in [-0.39, 0.29) is 17.6 Å². The standard InChI is InChI=1S/C19H26N4O3S2/c1-6-11(2)16(17(25)26-5)21-15(24)10-27-19-23-22-18(28-19)20-14-8-7-12(3)13(4)9-14/h7-9,11,16H,6,10H2,1-5H3,(H,20,22)(H,21,24)/t11-,16-/m0/s1. The van der Waals surface area contributed by atoms with Crippen molar-refractivity contribution >= 4 is 45.8 Å². The molecule has 0 saturated heterocycles. The van der Waals surface area contributed by atoms with E-state index in [1.165, 1.54) is 41.3 Å². The van der Waals surface area contributed by atoms with Crippen molar-refractivity contribution < 1.29 is 14.3 Å². The Bertz CT molecular complexity index is 825. The number of amides is 1. The van der Waals surface area contributed by atoms with E-state index in [1.54, 1.807) is 0 Å². The molecule has 0 aliphatic carbocycles. The highest BCUT2D eigenvalue weighted by Gasteiger charge is 2.26. The van der Waals surface area contributed by atoms with E-state index in [0.29, 0.717) is 9.47 Å². The van der Waals surface area contributed by atoms with Crippen molar-refractivity contribution in [3.8, 4) is 0 Å². The Balaban J connectivity index is 1.89. The summed E-state index contributed by atoms with van der Waals surface area (Å²) >= 11 is 2.67. The number of aromatic nitrogens is 2. The van der Waals surface area contributed by atoms with Gasteiger partial charge in [0.2, 0.25) is 11.0 Å². The minimum atomic E-state index is -0.639. The van der Waals surface area contributed by atoms with Crippen LogP contribution in [0.3, 0.4) is 0 Å². The van der Waals surface area contributed by atoms with Gasteiger partial charge in [0.05, 0.1) is 12.9 Å². The number of nitrogens with zero attached hydrogens (tertiary/aromatic N) is 2. The Labute approximate surface area is 173 Å². The minimum absolute atomic E-state index is 0.00306. The molecule has 9 heteroatoms. The average molecular weight is 423 g/mol. The fourth-order valence-corrected chi connectivity index (χ4v) is 3.98. The molecule has 2 rings (SSSR count). The summed E-state index contributed by atoms with van der Waals surface area (Å²) in [7, 11) is 1.32. The van der Waals surface area contributed by atoms with E-state index in [4.69, 9.17) is 4.74 Å². The fourth-order valence-electron chi connectivity index (χ4n) is 2.40. The largest absolute Gasteiger partial charge is 0.467 e. The number of esters is 1. The van der Waals surface area contributed by atoms with Gasteiger partial charge in [-0.05, 0) is 43.0 Å². The SMILES string of the molecule is CC[C@H](C)[C@H](NC(=O)CSc1nnc(Nc2ccc(C)c(C)c2)s1)C(=O)OC. The molecule has 0 spiro atoms. The number of nitrogens with one attached hydrogen (secondary N) is 2. The maximum atomic E-state index is 12.2. The molecule has 1 amide bonds. The minimum Gasteiger partial charge on any atom is -0.467 e. The molecule has 0 unspecified atom stereocenters. The van der Waals surface area contributed by atoms with E-state index < -0.39 is 12.0 Å². The van der Waals surface area contributed by atoms with Crippen molar-refractivity contribution in [3.63, 3.8) is 0 Å². The second-order valence-electron chi connectivity index (χ2n) is 6.54. The first-order valence-electron chi connectivity index (χ1n) is 9.01. The van der Waals surface area contributed by atoms with E-state index in [1.807, 2.05) is 26.0 Å². The lowest BCUT2D eigenvalue weighted by Crippen LogP contribution is -2.46. The molecule has 1 aromatic heterocycles. The van der Waals surface area contributed by atoms with Crippen LogP contribution in [0.1, 0.15) is 31.4 Å². The van der Waals surface area contributed by atoms with Gasteiger partial charge in [0, 0.05) is 5.69 Å². The number of hydrogen-bond acceptors (Lipinski definition) is 8. The molecule has 2 N–H and O–H groups in total. The molecule has 2 aromatic rings. The maximum absolute atomic E-state index is 12.2. The third-order valence-electron chi connectivity index (χ3n) is 4.48. The lowest BCUT2D eigenvalue weighted by Gasteiger charge is -2.21. The van der Waals surface area contributed by atoms with Gasteiger partial charge in [0.1, 0.15) is 6.04 Å². The lowest BCUT2D eigenvalue weighted by atomic mass is 9.99. The summed E-state index contributed by atoms with van der Waals surface area (Å²) in [6.45, 7) is 7.99. The Morgan fingerprint density at radius 3 is 2.64 bits per heavy atom. The maximum Gasteiger partial charge on any atom is 0.328 e. The van der Waals surface area contributed by atoms with Crippen molar-refractivity contribution in [2.24, 2.45) is 5.92 Å². The highest BCUT2D eigenvalue weighted by molar-refractivity contribution is 8.01. The van der Waals surface area contributed by atoms with Crippen LogP contribution >= 0.6 is 23.1 Å². The first-order chi connectivity index (χ1) is 13.3. The molecule has 152 valence electrons. The molecule has 0 aliphatic rings. The van der Waals surface area contributed by atoms with Crippen LogP contribution in [-0.4, -0.2) is 41.0 Å². The van der Waals surface area contributed by atoms with Crippen LogP contribution in [0, 0.1) is 19.8 Å². The number of carbonyl (C=O) groups is 2. The van der Waals surface area contributed by atoms with Crippen molar-refractivity contribution in [2.45, 2.75) is 44.5 Å². The molecule has 7 nitrogen and oxygen atoms in total. The van der Waals surface area contributed by atoms with Crippen molar-refractivity contribution in [2.75, 3.05) is 18.2 Å². The van der Waals surface area contributed by atoms with Crippen LogP contribution in [0.15, 0.2) is 22.5 Å². The predicted molar refractivity (Wildman–Crippen MR) is 113 cm³/mol. The van der Waals surface area contributed by atoms with Crippen LogP contribution in [-0.2, 0) is 14.3 Å². The Hall–Kier alpha value is -2.13. The van der Waals surface area contributed by atoms with Crippen molar-refractivity contribution in [1.29, 1.82) is 0 Å². The zero-order chi connectivity index (χ0) is 20.7. The van der Waals surface area contributed by atoms with E-state index in [0.717, 1.165) is 12.1 Å². The van der Waals surface area contributed by atoms with Crippen LogP contribution in [0.25, 0.3) is 0 Å². The average Bonchev–Trinajstić information content (AvgIpc) is 3.13. The Morgan fingerprint density at radius 2 is 2.00 bits per heavy atom. The van der Waals surface area contributed by atoms with E-state index in [9.17, 15) is 9.59 Å². The summed E-state index contributed by atoms with van der Waals surface area (Å²) in [6, 6.07) is 5.46. The fraction of sp³-hybridized carbons (Fsp3) is 0.474. The molecule has 0 aliphatic heterocycles. The molecule has 28 heavy (non-hydrogen) atoms. The molecule has 1 heterocycles. The molecular weight excluding hydrogens is 396 g/mol. The van der Waals surface area contributed by atoms with Crippen molar-refractivity contribution in [1.82, 2.24) is 15.5 Å². The molecule has 0 fully saturated rings. The summed E-state index contributed by atoms with van der Waals surface area (Å²) in [5, 5.41) is 14.9. The smallest absolute Gasteiger partial charge is 0.328 e. The molecule has 1 aromatic carbocycles. The van der Waals surface area contributed by atoms with Gasteiger partial charge in [0.25, 0.3) is 0 Å². The predicted octanol–water partition coefficient (Wildman–Crippen LogP) is 3.69. The normalized spacial score (nSPS) is 12.9. The summed E-state index contributed by atoms with van der Waals surface area (Å²) in [6.07, 6.45) is 0.761. The first-order valence-corrected chi connectivity index (χ1v) is 10.8. The molecule has 0 radical (unpaired) electrons. The van der Waals surface area contributed by atoms with Crippen LogP contribution < -0.4 is 10.6 Å². The summed E-state index contributed by atoms with van der Waals surface area (Å²) in [5.41, 5.74) is 3.37. The number of thioether (sulfide) groups is 1. The highest BCUT2D eigenvalue weighted by atomic mass is 32.2. The van der Waals surface area contributed by atoms with Gasteiger partial charge in [-0.3, -0.25) is 4.79 Å². The number of carbonyl (C=O) groups excluding carboxylic acids is 2. The molecular formula is C19H26N4O3S2. The third kappa shape index (κ3) is 6.20. The second-order valence-corrected chi connectivity index (χ2v) is 8.74. The number of hydrogen-bond donors (Lipinski definition) is 2. The number of aryl methyl sites for hydroxylation is 2. The van der Waals surface area contributed by atoms with Gasteiger partial charge in [-0.2, -0.15) is 0 Å². The number of rotatable bonds is 9. The highest BCUT2D eigenvalue weighted by Crippen LogP contribution is 2.28. The van der Waals surface area contributed by atoms with Gasteiger partial charge < -0.3 is 15.4 Å². The quantitative estimate of drug-likeness (QED) is 0.470. The van der Waals surface area contributed by atoms with Gasteiger partial charge in [-0.25, -0.2) is 4.79 Å². The summed E-state index contributed by atoms with van der Waals surface area (Å²) < 4.78 is 5.47. The van der Waals surface area contributed by atoms with Gasteiger partial charge in [-0.15, -0.1) is 10.2 Å². The van der Waals surface area contributed by atoms with Gasteiger partial charge >= 0.3 is 5.97 Å². The summed E-state index contributed by atoms with van der Waals surface area (Å²) in [4.78, 5) is 24.1. The number of methoxy groups -OCH3 is 1. The lowest BCUT2D eigenvalue weighted by molar-refractivity contribution is -0.146. The molecule has 0 bridgehead atoms. The zero-order valence-corrected chi connectivity index (χ0v) is 18.4. The van der Waals surface area contributed by atoms with Crippen LogP contribution in [0.5, 0.6) is 0 Å². The van der Waals surface area contributed by atoms with Crippen LogP contribution in [0.2, 0.25) is 0 Å². The number of ether oxygens (including phenoxy) is 1. The molecule has 0 saturated carbocycles. The zero-order valence-electron chi connectivity index (χ0n) is 16.7. The van der Waals surface area contributed by atoms with Gasteiger partial charge in [-0.1, -0.05) is 49.4 Å². The van der Waals surface area contributed by atoms with Gasteiger partial charge in [0.15, 0.2) is 4.34 Å². The third-order valence-corrected chi connectivity index (χ3v) is 6.45. The molecule has 2 atom stereocenters. The van der Waals surface area contributed by atoms with Crippen LogP contribution in [0.4, 0.5) is 10.8 Å². The Kier molecular flexibility index (Phi) is 8.25. The second kappa shape index (κ2) is 10.4. The topological polar surface area (TPSA) is 93.2 Å². The Morgan fingerprint density at radius 1 is 1.25 bits per heavy atom. The monoisotopic (exact) mass is 422 g/mol. The van der Waals surface area contributed by atoms with E-state index >= 15 is 0 Å². The number of benzene rings is 1. The van der Waals surface area contributed by atoms with E-state index in [2.05, 4.69) is 40.7 Å². The van der Waals surface area contributed by atoms with Crippen molar-refractivity contribution in [3.05, 3.63) is 29.3 Å².